The molecule has 0 N–H and O–H groups in total. The lowest BCUT2D eigenvalue weighted by Gasteiger charge is -2.07. The Morgan fingerprint density at radius 3 is 2.92 bits per heavy atom. The molecule has 1 saturated heterocycles. The molecule has 0 aromatic heterocycles. The van der Waals surface area contributed by atoms with Crippen LogP contribution in [0.25, 0.3) is 0 Å². The Hall–Kier alpha value is -0.530. The number of fused-ring (bicyclic) bond motifs is 1. The summed E-state index contributed by atoms with van der Waals surface area (Å²) in [6, 6.07) is 0. The van der Waals surface area contributed by atoms with E-state index in [9.17, 15) is 4.79 Å². The SMILES string of the molecule is CCCCCC12CC1COC2=O. The zero-order valence-corrected chi connectivity index (χ0v) is 7.64. The highest BCUT2D eigenvalue weighted by Gasteiger charge is 2.64. The zero-order valence-electron chi connectivity index (χ0n) is 7.64. The Balaban J connectivity index is 1.83. The van der Waals surface area contributed by atoms with Crippen LogP contribution in [0.4, 0.5) is 0 Å². The average molecular weight is 168 g/mol. The predicted molar refractivity (Wildman–Crippen MR) is 45.6 cm³/mol. The number of cyclic esters (lactones) is 1. The van der Waals surface area contributed by atoms with Crippen LogP contribution in [0.1, 0.15) is 39.0 Å². The van der Waals surface area contributed by atoms with Gasteiger partial charge in [-0.2, -0.15) is 0 Å². The second-order valence-electron chi connectivity index (χ2n) is 4.11. The molecule has 2 atom stereocenters. The summed E-state index contributed by atoms with van der Waals surface area (Å²) >= 11 is 0. The van der Waals surface area contributed by atoms with E-state index in [-0.39, 0.29) is 11.4 Å². The first kappa shape index (κ1) is 8.09. The second kappa shape index (κ2) is 2.75. The first-order valence-electron chi connectivity index (χ1n) is 4.97. The van der Waals surface area contributed by atoms with Gasteiger partial charge in [-0.3, -0.25) is 4.79 Å². The monoisotopic (exact) mass is 168 g/mol. The summed E-state index contributed by atoms with van der Waals surface area (Å²) in [6.07, 6.45) is 5.86. The number of hydrogen-bond acceptors (Lipinski definition) is 2. The highest BCUT2D eigenvalue weighted by molar-refractivity contribution is 5.83. The van der Waals surface area contributed by atoms with Gasteiger partial charge in [-0.1, -0.05) is 26.2 Å². The van der Waals surface area contributed by atoms with Crippen LogP contribution in [-0.4, -0.2) is 12.6 Å². The van der Waals surface area contributed by atoms with Crippen LogP contribution >= 0.6 is 0 Å². The standard InChI is InChI=1S/C10H16O2/c1-2-3-4-5-10-6-8(10)7-12-9(10)11/h8H,2-7H2,1H3. The maximum absolute atomic E-state index is 11.3. The van der Waals surface area contributed by atoms with Crippen LogP contribution in [-0.2, 0) is 9.53 Å². The number of hydrogen-bond donors (Lipinski definition) is 0. The molecule has 2 fully saturated rings. The first-order chi connectivity index (χ1) is 5.79. The summed E-state index contributed by atoms with van der Waals surface area (Å²) in [5, 5.41) is 0. The van der Waals surface area contributed by atoms with Crippen molar-refractivity contribution in [3.8, 4) is 0 Å². The van der Waals surface area contributed by atoms with Gasteiger partial charge in [0, 0.05) is 5.92 Å². The van der Waals surface area contributed by atoms with Gasteiger partial charge in [-0.15, -0.1) is 0 Å². The number of esters is 1. The lowest BCUT2D eigenvalue weighted by atomic mass is 9.97. The van der Waals surface area contributed by atoms with Crippen molar-refractivity contribution in [3.63, 3.8) is 0 Å². The highest BCUT2D eigenvalue weighted by atomic mass is 16.5. The molecule has 1 saturated carbocycles. The van der Waals surface area contributed by atoms with Gasteiger partial charge >= 0.3 is 5.97 Å². The molecule has 0 radical (unpaired) electrons. The van der Waals surface area contributed by atoms with E-state index in [1.165, 1.54) is 19.3 Å². The Morgan fingerprint density at radius 1 is 1.58 bits per heavy atom. The Morgan fingerprint density at radius 2 is 2.42 bits per heavy atom. The van der Waals surface area contributed by atoms with Gasteiger partial charge in [0.05, 0.1) is 12.0 Å². The van der Waals surface area contributed by atoms with E-state index in [0.717, 1.165) is 12.8 Å². The van der Waals surface area contributed by atoms with Crippen LogP contribution in [0, 0.1) is 11.3 Å². The summed E-state index contributed by atoms with van der Waals surface area (Å²) in [4.78, 5) is 11.3. The third-order valence-corrected chi connectivity index (χ3v) is 3.28. The van der Waals surface area contributed by atoms with Crippen molar-refractivity contribution in [2.24, 2.45) is 11.3 Å². The van der Waals surface area contributed by atoms with Crippen LogP contribution < -0.4 is 0 Å². The van der Waals surface area contributed by atoms with Crippen LogP contribution in [0.15, 0.2) is 0 Å². The summed E-state index contributed by atoms with van der Waals surface area (Å²) in [5.74, 6) is 0.672. The van der Waals surface area contributed by atoms with Gasteiger partial charge in [-0.25, -0.2) is 0 Å². The molecule has 2 nitrogen and oxygen atoms in total. The van der Waals surface area contributed by atoms with E-state index in [0.29, 0.717) is 12.5 Å². The molecule has 12 heavy (non-hydrogen) atoms. The largest absolute Gasteiger partial charge is 0.465 e. The molecule has 0 amide bonds. The maximum atomic E-state index is 11.3. The second-order valence-corrected chi connectivity index (χ2v) is 4.11. The van der Waals surface area contributed by atoms with Crippen molar-refractivity contribution < 1.29 is 9.53 Å². The molecule has 0 aromatic rings. The van der Waals surface area contributed by atoms with Crippen molar-refractivity contribution in [2.75, 3.05) is 6.61 Å². The number of rotatable bonds is 4. The third kappa shape index (κ3) is 1.05. The topological polar surface area (TPSA) is 26.3 Å². The first-order valence-corrected chi connectivity index (χ1v) is 4.97. The summed E-state index contributed by atoms with van der Waals surface area (Å²) < 4.78 is 5.01. The fourth-order valence-electron chi connectivity index (χ4n) is 2.27. The van der Waals surface area contributed by atoms with E-state index in [1.54, 1.807) is 0 Å². The van der Waals surface area contributed by atoms with Crippen molar-refractivity contribution >= 4 is 5.97 Å². The average Bonchev–Trinajstić information content (AvgIpc) is 2.70. The van der Waals surface area contributed by atoms with Crippen molar-refractivity contribution in [3.05, 3.63) is 0 Å². The molecule has 1 heterocycles. The normalized spacial score (nSPS) is 37.8. The van der Waals surface area contributed by atoms with Crippen molar-refractivity contribution in [1.82, 2.24) is 0 Å². The summed E-state index contributed by atoms with van der Waals surface area (Å²) in [5.41, 5.74) is 0.00910. The minimum absolute atomic E-state index is 0.00910. The number of unbranched alkanes of at least 4 members (excludes halogenated alkanes) is 2. The molecular weight excluding hydrogens is 152 g/mol. The van der Waals surface area contributed by atoms with E-state index < -0.39 is 0 Å². The molecular formula is C10H16O2. The van der Waals surface area contributed by atoms with Crippen LogP contribution in [0.5, 0.6) is 0 Å². The molecule has 0 spiro atoms. The van der Waals surface area contributed by atoms with Gasteiger partial charge in [0.25, 0.3) is 0 Å². The smallest absolute Gasteiger partial charge is 0.312 e. The van der Waals surface area contributed by atoms with E-state index >= 15 is 0 Å². The quantitative estimate of drug-likeness (QED) is 0.475. The molecule has 2 unspecified atom stereocenters. The minimum Gasteiger partial charge on any atom is -0.465 e. The fraction of sp³-hybridized carbons (Fsp3) is 0.900. The van der Waals surface area contributed by atoms with Crippen LogP contribution in [0.3, 0.4) is 0 Å². The van der Waals surface area contributed by atoms with Gasteiger partial charge in [0.1, 0.15) is 0 Å². The highest BCUT2D eigenvalue weighted by Crippen LogP contribution is 2.60. The van der Waals surface area contributed by atoms with Crippen molar-refractivity contribution in [1.29, 1.82) is 0 Å². The molecule has 2 aliphatic rings. The molecule has 1 aliphatic carbocycles. The Kier molecular flexibility index (Phi) is 1.85. The Bertz CT molecular complexity index is 200. The number of ether oxygens (including phenoxy) is 1. The summed E-state index contributed by atoms with van der Waals surface area (Å²) in [6.45, 7) is 2.89. The number of carbonyl (C=O) groups excluding carboxylic acids is 1. The fourth-order valence-corrected chi connectivity index (χ4v) is 2.27. The number of carbonyl (C=O) groups is 1. The molecule has 2 rings (SSSR count). The lowest BCUT2D eigenvalue weighted by molar-refractivity contribution is -0.145. The Labute approximate surface area is 73.3 Å². The molecule has 0 aromatic carbocycles. The maximum Gasteiger partial charge on any atom is 0.312 e. The zero-order chi connectivity index (χ0) is 8.60. The molecule has 1 aliphatic heterocycles. The van der Waals surface area contributed by atoms with Gasteiger partial charge in [0.15, 0.2) is 0 Å². The van der Waals surface area contributed by atoms with E-state index in [2.05, 4.69) is 6.92 Å². The summed E-state index contributed by atoms with van der Waals surface area (Å²) in [7, 11) is 0. The molecule has 0 bridgehead atoms. The minimum atomic E-state index is 0.00910. The lowest BCUT2D eigenvalue weighted by Crippen LogP contribution is -2.13. The van der Waals surface area contributed by atoms with Gasteiger partial charge in [0.2, 0.25) is 0 Å². The predicted octanol–water partition coefficient (Wildman–Crippen LogP) is 2.13. The van der Waals surface area contributed by atoms with Gasteiger partial charge < -0.3 is 4.74 Å². The van der Waals surface area contributed by atoms with Crippen LogP contribution in [0.2, 0.25) is 0 Å². The van der Waals surface area contributed by atoms with E-state index in [4.69, 9.17) is 4.74 Å². The van der Waals surface area contributed by atoms with Gasteiger partial charge in [-0.05, 0) is 12.8 Å². The van der Waals surface area contributed by atoms with Crippen molar-refractivity contribution in [2.45, 2.75) is 39.0 Å². The molecule has 68 valence electrons. The third-order valence-electron chi connectivity index (χ3n) is 3.28. The molecule has 2 heteroatoms. The van der Waals surface area contributed by atoms with E-state index in [1.807, 2.05) is 0 Å².